The van der Waals surface area contributed by atoms with Crippen molar-refractivity contribution in [2.24, 2.45) is 12.8 Å². The fraction of sp³-hybridized carbons (Fsp3) is 0.273. The molecule has 0 aliphatic carbocycles. The Labute approximate surface area is 78.0 Å². The molecule has 0 unspecified atom stereocenters. The van der Waals surface area contributed by atoms with Crippen molar-refractivity contribution in [3.05, 3.63) is 35.5 Å². The second kappa shape index (κ2) is 2.89. The molecule has 68 valence electrons. The Morgan fingerprint density at radius 3 is 2.62 bits per heavy atom. The molecule has 0 saturated heterocycles. The van der Waals surface area contributed by atoms with Crippen LogP contribution in [0.25, 0.3) is 10.9 Å². The zero-order chi connectivity index (χ0) is 9.42. The third kappa shape index (κ3) is 1.06. The molecule has 0 aliphatic heterocycles. The van der Waals surface area contributed by atoms with Crippen LogP contribution in [0.4, 0.5) is 0 Å². The Hall–Kier alpha value is -1.28. The highest BCUT2D eigenvalue weighted by Gasteiger charge is 2.08. The quantitative estimate of drug-likeness (QED) is 0.703. The van der Waals surface area contributed by atoms with Crippen molar-refractivity contribution in [2.75, 3.05) is 0 Å². The summed E-state index contributed by atoms with van der Waals surface area (Å²) in [6.07, 6.45) is 0. The van der Waals surface area contributed by atoms with Gasteiger partial charge in [0.1, 0.15) is 0 Å². The smallest absolute Gasteiger partial charge is 0.0483 e. The molecule has 0 bridgehead atoms. The van der Waals surface area contributed by atoms with Gasteiger partial charge in [0.15, 0.2) is 0 Å². The van der Waals surface area contributed by atoms with E-state index >= 15 is 0 Å². The van der Waals surface area contributed by atoms with E-state index in [2.05, 4.69) is 42.8 Å². The maximum absolute atomic E-state index is 5.69. The van der Waals surface area contributed by atoms with Gasteiger partial charge >= 0.3 is 0 Å². The molecule has 2 heteroatoms. The largest absolute Gasteiger partial charge is 0.346 e. The first-order valence-corrected chi connectivity index (χ1v) is 4.48. The molecule has 0 fully saturated rings. The lowest BCUT2D eigenvalue weighted by molar-refractivity contribution is 0.841. The Kier molecular flexibility index (Phi) is 1.85. The summed E-state index contributed by atoms with van der Waals surface area (Å²) < 4.78 is 2.17. The Morgan fingerprint density at radius 2 is 2.00 bits per heavy atom. The van der Waals surface area contributed by atoms with E-state index in [1.54, 1.807) is 0 Å². The monoisotopic (exact) mass is 174 g/mol. The van der Waals surface area contributed by atoms with Gasteiger partial charge in [0.2, 0.25) is 0 Å². The van der Waals surface area contributed by atoms with Gasteiger partial charge in [-0.15, -0.1) is 0 Å². The maximum atomic E-state index is 5.69. The van der Waals surface area contributed by atoms with Crippen LogP contribution in [0.1, 0.15) is 11.3 Å². The average molecular weight is 174 g/mol. The first-order chi connectivity index (χ1) is 6.25. The van der Waals surface area contributed by atoms with Gasteiger partial charge in [-0.05, 0) is 18.6 Å². The number of aromatic nitrogens is 1. The SMILES string of the molecule is Cc1c(CN)n(C)c2ccccc12. The summed E-state index contributed by atoms with van der Waals surface area (Å²) in [6.45, 7) is 2.74. The van der Waals surface area contributed by atoms with E-state index in [9.17, 15) is 0 Å². The van der Waals surface area contributed by atoms with Gasteiger partial charge < -0.3 is 10.3 Å². The highest BCUT2D eigenvalue weighted by atomic mass is 15.0. The summed E-state index contributed by atoms with van der Waals surface area (Å²) in [7, 11) is 2.07. The number of hydrogen-bond donors (Lipinski definition) is 1. The molecule has 2 nitrogen and oxygen atoms in total. The third-order valence-corrected chi connectivity index (χ3v) is 2.70. The Morgan fingerprint density at radius 1 is 1.31 bits per heavy atom. The highest BCUT2D eigenvalue weighted by Crippen LogP contribution is 2.23. The molecule has 1 aromatic heterocycles. The minimum absolute atomic E-state index is 0.608. The van der Waals surface area contributed by atoms with Crippen LogP contribution in [0.15, 0.2) is 24.3 Å². The van der Waals surface area contributed by atoms with Crippen molar-refractivity contribution in [2.45, 2.75) is 13.5 Å². The molecule has 0 atom stereocenters. The number of para-hydroxylation sites is 1. The number of fused-ring (bicyclic) bond motifs is 1. The summed E-state index contributed by atoms with van der Waals surface area (Å²) in [5.41, 5.74) is 9.49. The van der Waals surface area contributed by atoms with Gasteiger partial charge in [-0.1, -0.05) is 18.2 Å². The Balaban J connectivity index is 2.88. The molecule has 0 aliphatic rings. The van der Waals surface area contributed by atoms with Crippen LogP contribution in [0.2, 0.25) is 0 Å². The maximum Gasteiger partial charge on any atom is 0.0483 e. The van der Waals surface area contributed by atoms with Gasteiger partial charge in [-0.25, -0.2) is 0 Å². The van der Waals surface area contributed by atoms with E-state index in [4.69, 9.17) is 5.73 Å². The number of nitrogens with two attached hydrogens (primary N) is 1. The molecule has 0 amide bonds. The molecule has 0 spiro atoms. The van der Waals surface area contributed by atoms with Crippen LogP contribution in [-0.2, 0) is 13.6 Å². The van der Waals surface area contributed by atoms with Crippen molar-refractivity contribution in [1.82, 2.24) is 4.57 Å². The lowest BCUT2D eigenvalue weighted by Crippen LogP contribution is -2.04. The number of aryl methyl sites for hydroxylation is 2. The Bertz CT molecular complexity index is 402. The average Bonchev–Trinajstić information content (AvgIpc) is 2.41. The van der Waals surface area contributed by atoms with Crippen LogP contribution in [-0.4, -0.2) is 4.57 Å². The van der Waals surface area contributed by atoms with E-state index in [1.807, 2.05) is 0 Å². The fourth-order valence-corrected chi connectivity index (χ4v) is 1.93. The van der Waals surface area contributed by atoms with E-state index < -0.39 is 0 Å². The van der Waals surface area contributed by atoms with E-state index in [0.29, 0.717) is 6.54 Å². The number of nitrogens with zero attached hydrogens (tertiary/aromatic N) is 1. The second-order valence-electron chi connectivity index (χ2n) is 3.35. The molecule has 2 rings (SSSR count). The molecule has 0 radical (unpaired) electrons. The lowest BCUT2D eigenvalue weighted by atomic mass is 10.1. The first kappa shape index (κ1) is 8.32. The summed E-state index contributed by atoms with van der Waals surface area (Å²) in [4.78, 5) is 0. The van der Waals surface area contributed by atoms with Crippen molar-refractivity contribution in [1.29, 1.82) is 0 Å². The van der Waals surface area contributed by atoms with Crippen molar-refractivity contribution in [3.8, 4) is 0 Å². The number of hydrogen-bond acceptors (Lipinski definition) is 1. The summed E-state index contributed by atoms with van der Waals surface area (Å²) in [5, 5.41) is 1.31. The van der Waals surface area contributed by atoms with E-state index in [1.165, 1.54) is 22.2 Å². The predicted octanol–water partition coefficient (Wildman–Crippen LogP) is 1.95. The molecule has 2 aromatic rings. The summed E-state index contributed by atoms with van der Waals surface area (Å²) >= 11 is 0. The van der Waals surface area contributed by atoms with Crippen LogP contribution in [0.3, 0.4) is 0 Å². The zero-order valence-electron chi connectivity index (χ0n) is 8.04. The van der Waals surface area contributed by atoms with Crippen molar-refractivity contribution >= 4 is 10.9 Å². The van der Waals surface area contributed by atoms with Gasteiger partial charge in [0.05, 0.1) is 0 Å². The van der Waals surface area contributed by atoms with Gasteiger partial charge in [-0.2, -0.15) is 0 Å². The van der Waals surface area contributed by atoms with Crippen molar-refractivity contribution < 1.29 is 0 Å². The molecule has 1 heterocycles. The van der Waals surface area contributed by atoms with E-state index in [-0.39, 0.29) is 0 Å². The topological polar surface area (TPSA) is 30.9 Å². The van der Waals surface area contributed by atoms with Crippen LogP contribution in [0, 0.1) is 6.92 Å². The third-order valence-electron chi connectivity index (χ3n) is 2.70. The summed E-state index contributed by atoms with van der Waals surface area (Å²) in [6, 6.07) is 8.39. The van der Waals surface area contributed by atoms with E-state index in [0.717, 1.165) is 0 Å². The number of benzene rings is 1. The fourth-order valence-electron chi connectivity index (χ4n) is 1.93. The van der Waals surface area contributed by atoms with Gasteiger partial charge in [-0.3, -0.25) is 0 Å². The molecule has 13 heavy (non-hydrogen) atoms. The zero-order valence-corrected chi connectivity index (χ0v) is 8.04. The molecule has 1 aromatic carbocycles. The minimum atomic E-state index is 0.608. The highest BCUT2D eigenvalue weighted by molar-refractivity contribution is 5.85. The van der Waals surface area contributed by atoms with Gasteiger partial charge in [0, 0.05) is 30.2 Å². The predicted molar refractivity (Wildman–Crippen MR) is 55.5 cm³/mol. The second-order valence-corrected chi connectivity index (χ2v) is 3.35. The molecule has 2 N–H and O–H groups in total. The lowest BCUT2D eigenvalue weighted by Gasteiger charge is -2.00. The van der Waals surface area contributed by atoms with Gasteiger partial charge in [0.25, 0.3) is 0 Å². The standard InChI is InChI=1S/C11H14N2/c1-8-9-5-3-4-6-10(9)13(2)11(8)7-12/h3-6H,7,12H2,1-2H3. The first-order valence-electron chi connectivity index (χ1n) is 4.48. The minimum Gasteiger partial charge on any atom is -0.346 e. The molecular formula is C11H14N2. The molecular weight excluding hydrogens is 160 g/mol. The number of rotatable bonds is 1. The molecule has 0 saturated carbocycles. The van der Waals surface area contributed by atoms with Crippen LogP contribution in [0.5, 0.6) is 0 Å². The summed E-state index contributed by atoms with van der Waals surface area (Å²) in [5.74, 6) is 0. The normalized spacial score (nSPS) is 11.0. The van der Waals surface area contributed by atoms with Crippen LogP contribution < -0.4 is 5.73 Å². The van der Waals surface area contributed by atoms with Crippen LogP contribution >= 0.6 is 0 Å². The van der Waals surface area contributed by atoms with Crippen molar-refractivity contribution in [3.63, 3.8) is 0 Å².